The summed E-state index contributed by atoms with van der Waals surface area (Å²) in [6.07, 6.45) is 6.27. The Labute approximate surface area is 129 Å². The monoisotopic (exact) mass is 300 g/mol. The van der Waals surface area contributed by atoms with Gasteiger partial charge in [0, 0.05) is 24.4 Å². The van der Waals surface area contributed by atoms with Gasteiger partial charge >= 0.3 is 0 Å². The first-order chi connectivity index (χ1) is 9.61. The highest BCUT2D eigenvalue weighted by molar-refractivity contribution is 7.99. The van der Waals surface area contributed by atoms with Gasteiger partial charge in [0.25, 0.3) is 0 Å². The van der Waals surface area contributed by atoms with Crippen LogP contribution in [0.25, 0.3) is 0 Å². The number of thioether (sulfide) groups is 1. The number of hydrogen-bond acceptors (Lipinski definition) is 4. The van der Waals surface area contributed by atoms with Gasteiger partial charge in [-0.25, -0.2) is 0 Å². The zero-order chi connectivity index (χ0) is 14.4. The molecule has 0 aliphatic carbocycles. The highest BCUT2D eigenvalue weighted by Crippen LogP contribution is 2.38. The maximum Gasteiger partial charge on any atom is 0.0795 e. The van der Waals surface area contributed by atoms with Crippen LogP contribution in [0.15, 0.2) is 0 Å². The molecule has 2 unspecified atom stereocenters. The van der Waals surface area contributed by atoms with E-state index < -0.39 is 0 Å². The van der Waals surface area contributed by atoms with Crippen molar-refractivity contribution < 1.29 is 4.74 Å². The minimum Gasteiger partial charge on any atom is -0.374 e. The largest absolute Gasteiger partial charge is 0.374 e. The average Bonchev–Trinajstić information content (AvgIpc) is 2.86. The first-order valence-corrected chi connectivity index (χ1v) is 9.42. The Kier molecular flexibility index (Phi) is 6.66. The van der Waals surface area contributed by atoms with Crippen LogP contribution in [0.3, 0.4) is 0 Å². The van der Waals surface area contributed by atoms with Crippen LogP contribution in [-0.4, -0.2) is 60.8 Å². The second-order valence-corrected chi connectivity index (χ2v) is 7.86. The lowest BCUT2D eigenvalue weighted by molar-refractivity contribution is -0.0700. The molecular weight excluding hydrogens is 268 g/mol. The molecule has 4 heteroatoms. The van der Waals surface area contributed by atoms with Crippen LogP contribution < -0.4 is 5.32 Å². The SMILES string of the molecule is CC(C)N(C)CCCCNC1CCOC2(CCSC2)C1. The molecule has 20 heavy (non-hydrogen) atoms. The lowest BCUT2D eigenvalue weighted by Crippen LogP contribution is -2.47. The molecule has 0 radical (unpaired) electrons. The standard InChI is InChI=1S/C16H32N2OS/c1-14(2)18(3)9-5-4-8-17-15-6-10-19-16(12-15)7-11-20-13-16/h14-15,17H,4-13H2,1-3H3. The summed E-state index contributed by atoms with van der Waals surface area (Å²) in [4.78, 5) is 2.43. The average molecular weight is 301 g/mol. The zero-order valence-corrected chi connectivity index (χ0v) is 14.3. The molecule has 2 atom stereocenters. The quantitative estimate of drug-likeness (QED) is 0.731. The molecule has 1 N–H and O–H groups in total. The van der Waals surface area contributed by atoms with Crippen molar-refractivity contribution in [2.75, 3.05) is 38.2 Å². The summed E-state index contributed by atoms with van der Waals surface area (Å²) in [5, 5.41) is 3.77. The van der Waals surface area contributed by atoms with E-state index in [1.807, 2.05) is 0 Å². The Morgan fingerprint density at radius 2 is 2.25 bits per heavy atom. The minimum atomic E-state index is 0.221. The maximum atomic E-state index is 6.07. The van der Waals surface area contributed by atoms with Crippen molar-refractivity contribution in [3.05, 3.63) is 0 Å². The molecular formula is C16H32N2OS. The lowest BCUT2D eigenvalue weighted by Gasteiger charge is -2.38. The Bertz CT molecular complexity index is 280. The summed E-state index contributed by atoms with van der Waals surface area (Å²) in [6, 6.07) is 1.35. The van der Waals surface area contributed by atoms with E-state index in [0.717, 1.165) is 6.61 Å². The first kappa shape index (κ1) is 16.6. The molecule has 0 aromatic rings. The Hall–Kier alpha value is 0.230. The van der Waals surface area contributed by atoms with E-state index in [9.17, 15) is 0 Å². The fourth-order valence-corrected chi connectivity index (χ4v) is 4.49. The van der Waals surface area contributed by atoms with Crippen LogP contribution in [0.5, 0.6) is 0 Å². The number of nitrogens with zero attached hydrogens (tertiary/aromatic N) is 1. The van der Waals surface area contributed by atoms with Crippen molar-refractivity contribution in [2.45, 2.75) is 63.6 Å². The highest BCUT2D eigenvalue weighted by Gasteiger charge is 2.40. The van der Waals surface area contributed by atoms with Gasteiger partial charge in [-0.2, -0.15) is 11.8 Å². The summed E-state index contributed by atoms with van der Waals surface area (Å²) in [7, 11) is 2.22. The topological polar surface area (TPSA) is 24.5 Å². The Balaban J connectivity index is 1.57. The van der Waals surface area contributed by atoms with Crippen LogP contribution in [0, 0.1) is 0 Å². The molecule has 2 aliphatic rings. The number of nitrogens with one attached hydrogen (secondary N) is 1. The molecule has 0 aromatic carbocycles. The van der Waals surface area contributed by atoms with Gasteiger partial charge in [-0.15, -0.1) is 0 Å². The number of ether oxygens (including phenoxy) is 1. The van der Waals surface area contributed by atoms with E-state index in [0.29, 0.717) is 12.1 Å². The van der Waals surface area contributed by atoms with Gasteiger partial charge in [0.2, 0.25) is 0 Å². The predicted octanol–water partition coefficient (Wildman–Crippen LogP) is 2.75. The normalized spacial score (nSPS) is 30.8. The van der Waals surface area contributed by atoms with E-state index in [4.69, 9.17) is 4.74 Å². The summed E-state index contributed by atoms with van der Waals surface area (Å²) in [5.41, 5.74) is 0.221. The number of hydrogen-bond donors (Lipinski definition) is 1. The molecule has 0 saturated carbocycles. The highest BCUT2D eigenvalue weighted by atomic mass is 32.2. The van der Waals surface area contributed by atoms with Crippen molar-refractivity contribution in [2.24, 2.45) is 0 Å². The predicted molar refractivity (Wildman–Crippen MR) is 88.6 cm³/mol. The Morgan fingerprint density at radius 1 is 1.40 bits per heavy atom. The third kappa shape index (κ3) is 4.90. The third-order valence-corrected chi connectivity index (χ3v) is 6.04. The third-order valence-electron chi connectivity index (χ3n) is 4.81. The summed E-state index contributed by atoms with van der Waals surface area (Å²) in [6.45, 7) is 7.86. The smallest absolute Gasteiger partial charge is 0.0795 e. The number of rotatable bonds is 7. The maximum absolute atomic E-state index is 6.07. The molecule has 2 rings (SSSR count). The lowest BCUT2D eigenvalue weighted by atomic mass is 9.90. The zero-order valence-electron chi connectivity index (χ0n) is 13.5. The van der Waals surface area contributed by atoms with E-state index in [1.54, 1.807) is 0 Å². The summed E-state index contributed by atoms with van der Waals surface area (Å²) in [5.74, 6) is 2.50. The van der Waals surface area contributed by atoms with E-state index >= 15 is 0 Å². The second kappa shape index (κ2) is 8.02. The fraction of sp³-hybridized carbons (Fsp3) is 1.00. The molecule has 0 bridgehead atoms. The van der Waals surface area contributed by atoms with E-state index in [-0.39, 0.29) is 5.60 Å². The molecule has 2 fully saturated rings. The van der Waals surface area contributed by atoms with Crippen LogP contribution in [-0.2, 0) is 4.74 Å². The van der Waals surface area contributed by atoms with Crippen molar-refractivity contribution >= 4 is 11.8 Å². The molecule has 2 saturated heterocycles. The molecule has 118 valence electrons. The van der Waals surface area contributed by atoms with Crippen LogP contribution in [0.1, 0.15) is 46.0 Å². The number of unbranched alkanes of at least 4 members (excludes halogenated alkanes) is 1. The van der Waals surface area contributed by atoms with Gasteiger partial charge in [-0.1, -0.05) is 0 Å². The van der Waals surface area contributed by atoms with Crippen LogP contribution >= 0.6 is 11.8 Å². The Morgan fingerprint density at radius 3 is 2.95 bits per heavy atom. The van der Waals surface area contributed by atoms with Crippen molar-refractivity contribution in [3.63, 3.8) is 0 Å². The molecule has 2 heterocycles. The van der Waals surface area contributed by atoms with Gasteiger partial charge in [0.1, 0.15) is 0 Å². The second-order valence-electron chi connectivity index (χ2n) is 6.76. The van der Waals surface area contributed by atoms with Gasteiger partial charge in [0.05, 0.1) is 5.60 Å². The summed E-state index contributed by atoms with van der Waals surface area (Å²) < 4.78 is 6.07. The van der Waals surface area contributed by atoms with E-state index in [1.165, 1.54) is 56.7 Å². The van der Waals surface area contributed by atoms with Crippen LogP contribution in [0.2, 0.25) is 0 Å². The molecule has 0 aromatic heterocycles. The van der Waals surface area contributed by atoms with Crippen molar-refractivity contribution in [1.82, 2.24) is 10.2 Å². The molecule has 3 nitrogen and oxygen atoms in total. The van der Waals surface area contributed by atoms with E-state index in [2.05, 4.69) is 42.9 Å². The van der Waals surface area contributed by atoms with Gasteiger partial charge in [0.15, 0.2) is 0 Å². The molecule has 2 aliphatic heterocycles. The molecule has 0 amide bonds. The van der Waals surface area contributed by atoms with Gasteiger partial charge in [-0.05, 0) is 71.8 Å². The van der Waals surface area contributed by atoms with Crippen LogP contribution in [0.4, 0.5) is 0 Å². The summed E-state index contributed by atoms with van der Waals surface area (Å²) >= 11 is 2.06. The van der Waals surface area contributed by atoms with Crippen molar-refractivity contribution in [1.29, 1.82) is 0 Å². The van der Waals surface area contributed by atoms with Crippen molar-refractivity contribution in [3.8, 4) is 0 Å². The van der Waals surface area contributed by atoms with Gasteiger partial charge in [-0.3, -0.25) is 0 Å². The molecule has 1 spiro atoms. The first-order valence-electron chi connectivity index (χ1n) is 8.27. The fourth-order valence-electron chi connectivity index (χ4n) is 3.12. The minimum absolute atomic E-state index is 0.221. The van der Waals surface area contributed by atoms with Gasteiger partial charge < -0.3 is 15.0 Å².